The van der Waals surface area contributed by atoms with Crippen molar-refractivity contribution in [3.63, 3.8) is 0 Å². The minimum atomic E-state index is -2.19. The van der Waals surface area contributed by atoms with Gasteiger partial charge in [-0.3, -0.25) is 0 Å². The molecule has 1 N–H and O–H groups in total. The van der Waals surface area contributed by atoms with Gasteiger partial charge in [-0.05, 0) is 44.0 Å². The highest BCUT2D eigenvalue weighted by Gasteiger charge is 2.42. The van der Waals surface area contributed by atoms with Crippen molar-refractivity contribution in [3.05, 3.63) is 65.7 Å². The molecule has 1 aliphatic heterocycles. The fourth-order valence-corrected chi connectivity index (χ4v) is 3.59. The van der Waals surface area contributed by atoms with Crippen LogP contribution < -0.4 is 15.5 Å². The largest absolute Gasteiger partial charge is 0.543 e. The third-order valence-electron chi connectivity index (χ3n) is 5.25. The molecule has 3 rings (SSSR count). The van der Waals surface area contributed by atoms with Gasteiger partial charge in [-0.1, -0.05) is 30.3 Å². The number of carbonyl (C=O) groups excluding carboxylic acids is 2. The van der Waals surface area contributed by atoms with Gasteiger partial charge in [-0.2, -0.15) is 9.84 Å². The van der Waals surface area contributed by atoms with Crippen molar-refractivity contribution in [1.82, 2.24) is 0 Å². The van der Waals surface area contributed by atoms with Crippen molar-refractivity contribution in [2.45, 2.75) is 32.1 Å². The minimum Gasteiger partial charge on any atom is -0.543 e. The maximum Gasteiger partial charge on any atom is 0.209 e. The van der Waals surface area contributed by atoms with Crippen LogP contribution in [-0.2, 0) is 15.0 Å². The van der Waals surface area contributed by atoms with Crippen LogP contribution >= 0.6 is 0 Å². The summed E-state index contributed by atoms with van der Waals surface area (Å²) in [5.41, 5.74) is 6.24. The van der Waals surface area contributed by atoms with Crippen LogP contribution in [0.1, 0.15) is 37.8 Å². The van der Waals surface area contributed by atoms with E-state index in [4.69, 9.17) is 25.1 Å². The van der Waals surface area contributed by atoms with E-state index in [1.807, 2.05) is 0 Å². The Hall–Kier alpha value is -3.92. The SMILES string of the molecule is C[N+]1=C(/C=C/c2ccc(NCCCC#N)cc2)C(C)(C)c2ccccc21.O=C([O-])C(=O)[O-]. The molecule has 0 saturated heterocycles. The lowest BCUT2D eigenvalue weighted by Gasteiger charge is -2.15. The number of benzene rings is 2. The molecule has 2 aromatic carbocycles. The summed E-state index contributed by atoms with van der Waals surface area (Å²) in [4.78, 5) is 17.9. The van der Waals surface area contributed by atoms with Gasteiger partial charge in [0.25, 0.3) is 0 Å². The molecule has 0 aliphatic carbocycles. The highest BCUT2D eigenvalue weighted by Crippen LogP contribution is 2.39. The molecule has 0 amide bonds. The van der Waals surface area contributed by atoms with Crippen molar-refractivity contribution in [2.75, 3.05) is 18.9 Å². The van der Waals surface area contributed by atoms with Crippen molar-refractivity contribution in [3.8, 4) is 6.07 Å². The molecule has 0 aromatic heterocycles. The van der Waals surface area contributed by atoms with Gasteiger partial charge in [-0.15, -0.1) is 0 Å². The predicted octanol–water partition coefficient (Wildman–Crippen LogP) is 1.61. The molecule has 32 heavy (non-hydrogen) atoms. The standard InChI is InChI=1S/C23H25N3.C2H2O4/c1-23(2)20-8-4-5-9-21(20)26(3)22(23)15-12-18-10-13-19(14-11-18)25-17-7-6-16-24;3-1(4)2(5)6/h4-5,8-15H,6-7,17H2,1-3H3;(H,3,4)(H,5,6)/p-1. The topological polar surface area (TPSA) is 119 Å². The number of nitrogens with zero attached hydrogens (tertiary/aromatic N) is 2. The summed E-state index contributed by atoms with van der Waals surface area (Å²) in [6.45, 7) is 5.39. The lowest BCUT2D eigenvalue weighted by atomic mass is 9.81. The summed E-state index contributed by atoms with van der Waals surface area (Å²) in [6.07, 6.45) is 5.88. The number of nitriles is 1. The number of rotatable bonds is 6. The molecule has 0 saturated carbocycles. The monoisotopic (exact) mass is 432 g/mol. The third-order valence-corrected chi connectivity index (χ3v) is 5.25. The number of fused-ring (bicyclic) bond motifs is 1. The maximum atomic E-state index is 8.93. The van der Waals surface area contributed by atoms with Crippen LogP contribution in [0.25, 0.3) is 6.08 Å². The number of aliphatic carboxylic acids is 2. The van der Waals surface area contributed by atoms with Crippen molar-refractivity contribution in [1.29, 1.82) is 5.26 Å². The number of carboxylic acids is 2. The van der Waals surface area contributed by atoms with Gasteiger partial charge in [-0.25, -0.2) is 0 Å². The molecule has 0 radical (unpaired) electrons. The lowest BCUT2D eigenvalue weighted by Crippen LogP contribution is -2.42. The Morgan fingerprint density at radius 3 is 2.25 bits per heavy atom. The van der Waals surface area contributed by atoms with Gasteiger partial charge in [0.1, 0.15) is 7.05 Å². The molecule has 2 aromatic rings. The van der Waals surface area contributed by atoms with E-state index in [1.54, 1.807) is 0 Å². The van der Waals surface area contributed by atoms with E-state index in [2.05, 4.69) is 97.5 Å². The molecule has 7 heteroatoms. The van der Waals surface area contributed by atoms with E-state index in [1.165, 1.54) is 22.5 Å². The number of para-hydroxylation sites is 1. The molecule has 0 bridgehead atoms. The number of hydrogen-bond donors (Lipinski definition) is 1. The van der Waals surface area contributed by atoms with Crippen LogP contribution in [0.5, 0.6) is 0 Å². The van der Waals surface area contributed by atoms with Gasteiger partial charge in [0.05, 0.1) is 23.4 Å². The Kier molecular flexibility index (Phi) is 8.31. The lowest BCUT2D eigenvalue weighted by molar-refractivity contribution is -0.401. The number of carbonyl (C=O) groups is 2. The van der Waals surface area contributed by atoms with E-state index in [9.17, 15) is 0 Å². The Bertz CT molecular complexity index is 1070. The molecule has 1 aliphatic rings. The van der Waals surface area contributed by atoms with Gasteiger partial charge >= 0.3 is 0 Å². The summed E-state index contributed by atoms with van der Waals surface area (Å²) in [5.74, 6) is -4.37. The molecule has 1 heterocycles. The van der Waals surface area contributed by atoms with Gasteiger partial charge in [0.15, 0.2) is 5.71 Å². The van der Waals surface area contributed by atoms with Gasteiger partial charge in [0.2, 0.25) is 5.69 Å². The van der Waals surface area contributed by atoms with Crippen molar-refractivity contribution >= 4 is 35.1 Å². The van der Waals surface area contributed by atoms with E-state index in [-0.39, 0.29) is 5.41 Å². The Balaban J connectivity index is 0.000000534. The molecular formula is C25H26N3O4-. The zero-order valence-electron chi connectivity index (χ0n) is 18.4. The van der Waals surface area contributed by atoms with Crippen LogP contribution in [-0.4, -0.2) is 35.8 Å². The summed E-state index contributed by atoms with van der Waals surface area (Å²) in [6, 6.07) is 19.2. The second kappa shape index (κ2) is 10.9. The summed E-state index contributed by atoms with van der Waals surface area (Å²) in [5, 5.41) is 29.8. The number of carboxylic acid groups (broad SMARTS) is 2. The first kappa shape index (κ1) is 24.4. The molecule has 0 unspecified atom stereocenters. The second-order valence-electron chi connectivity index (χ2n) is 7.81. The van der Waals surface area contributed by atoms with Gasteiger partial charge in [0, 0.05) is 36.4 Å². The molecule has 166 valence electrons. The number of allylic oxidation sites excluding steroid dienone is 1. The smallest absolute Gasteiger partial charge is 0.209 e. The summed E-state index contributed by atoms with van der Waals surface area (Å²) < 4.78 is 2.29. The fraction of sp³-hybridized carbons (Fsp3) is 0.280. The number of hydrogen-bond acceptors (Lipinski definition) is 6. The first-order valence-corrected chi connectivity index (χ1v) is 10.2. The second-order valence-corrected chi connectivity index (χ2v) is 7.81. The molecule has 0 fully saturated rings. The average molecular weight is 433 g/mol. The number of nitrogens with one attached hydrogen (secondary N) is 1. The van der Waals surface area contributed by atoms with Crippen LogP contribution in [0, 0.1) is 11.3 Å². The molecule has 0 atom stereocenters. The highest BCUT2D eigenvalue weighted by molar-refractivity contribution is 6.25. The van der Waals surface area contributed by atoms with Gasteiger partial charge < -0.3 is 25.1 Å². The van der Waals surface area contributed by atoms with E-state index in [0.717, 1.165) is 18.7 Å². The normalized spacial score (nSPS) is 13.7. The average Bonchev–Trinajstić information content (AvgIpc) is 2.96. The van der Waals surface area contributed by atoms with Crippen LogP contribution in [0.3, 0.4) is 0 Å². The molecule has 0 spiro atoms. The van der Waals surface area contributed by atoms with Crippen LogP contribution in [0.15, 0.2) is 54.6 Å². The number of unbranched alkanes of at least 4 members (excludes halogenated alkanes) is 1. The summed E-state index contributed by atoms with van der Waals surface area (Å²) in [7, 11) is 2.14. The third kappa shape index (κ3) is 6.05. The highest BCUT2D eigenvalue weighted by atomic mass is 16.4. The zero-order chi connectivity index (χ0) is 23.7. The quantitative estimate of drug-likeness (QED) is 0.421. The van der Waals surface area contributed by atoms with E-state index >= 15 is 0 Å². The van der Waals surface area contributed by atoms with E-state index in [0.29, 0.717) is 6.42 Å². The first-order valence-electron chi connectivity index (χ1n) is 10.2. The zero-order valence-corrected chi connectivity index (χ0v) is 18.4. The maximum absolute atomic E-state index is 8.93. The van der Waals surface area contributed by atoms with Crippen LogP contribution in [0.4, 0.5) is 11.4 Å². The summed E-state index contributed by atoms with van der Waals surface area (Å²) >= 11 is 0. The fourth-order valence-electron chi connectivity index (χ4n) is 3.59. The van der Waals surface area contributed by atoms with Crippen molar-refractivity contribution in [2.24, 2.45) is 0 Å². The Morgan fingerprint density at radius 1 is 1.06 bits per heavy atom. The van der Waals surface area contributed by atoms with E-state index < -0.39 is 11.9 Å². The predicted molar refractivity (Wildman–Crippen MR) is 119 cm³/mol. The first-order chi connectivity index (χ1) is 15.2. The van der Waals surface area contributed by atoms with Crippen LogP contribution in [0.2, 0.25) is 0 Å². The number of anilines is 1. The minimum absolute atomic E-state index is 0.00405. The Labute approximate surface area is 188 Å². The molecular weight excluding hydrogens is 406 g/mol. The van der Waals surface area contributed by atoms with Crippen molar-refractivity contribution < 1.29 is 24.4 Å². The Morgan fingerprint density at radius 2 is 1.69 bits per heavy atom. The molecule has 7 nitrogen and oxygen atoms in total.